The van der Waals surface area contributed by atoms with E-state index in [1.54, 1.807) is 24.4 Å². The van der Waals surface area contributed by atoms with E-state index in [2.05, 4.69) is 15.0 Å². The van der Waals surface area contributed by atoms with Crippen molar-refractivity contribution < 1.29 is 17.9 Å². The molecule has 0 aliphatic heterocycles. The number of nitrogens with zero attached hydrogens (tertiary/aromatic N) is 3. The fraction of sp³-hybridized carbons (Fsp3) is 0.286. The van der Waals surface area contributed by atoms with E-state index in [9.17, 15) is 13.2 Å². The molecule has 0 atom stereocenters. The van der Waals surface area contributed by atoms with Gasteiger partial charge in [-0.05, 0) is 68.7 Å². The molecule has 152 valence electrons. The molecule has 0 saturated carbocycles. The highest BCUT2D eigenvalue weighted by atomic mass is 35.5. The van der Waals surface area contributed by atoms with Crippen molar-refractivity contribution in [3.05, 3.63) is 59.1 Å². The summed E-state index contributed by atoms with van der Waals surface area (Å²) < 4.78 is 46.4. The minimum Gasteiger partial charge on any atom is -0.472 e. The van der Waals surface area contributed by atoms with Crippen LogP contribution in [0.4, 0.5) is 13.2 Å². The van der Waals surface area contributed by atoms with Gasteiger partial charge in [0.05, 0.1) is 5.69 Å². The predicted molar refractivity (Wildman–Crippen MR) is 106 cm³/mol. The molecule has 29 heavy (non-hydrogen) atoms. The van der Waals surface area contributed by atoms with E-state index in [0.29, 0.717) is 5.56 Å². The Morgan fingerprint density at radius 1 is 1.00 bits per heavy atom. The zero-order valence-corrected chi connectivity index (χ0v) is 17.1. The van der Waals surface area contributed by atoms with Crippen molar-refractivity contribution >= 4 is 11.6 Å². The molecule has 3 aromatic rings. The molecule has 0 bridgehead atoms. The SMILES string of the molecule is Cc1cnc(Cl)cc1-c1cc(OC(C)(C)C)nc(-c2cccnc2C(F)(F)F)c1. The van der Waals surface area contributed by atoms with Crippen molar-refractivity contribution in [1.29, 1.82) is 0 Å². The Labute approximate surface area is 171 Å². The average Bonchev–Trinajstić information content (AvgIpc) is 2.61. The molecule has 3 aromatic heterocycles. The van der Waals surface area contributed by atoms with Crippen LogP contribution in [0.15, 0.2) is 42.7 Å². The molecule has 0 fully saturated rings. The van der Waals surface area contributed by atoms with E-state index >= 15 is 0 Å². The van der Waals surface area contributed by atoms with Crippen molar-refractivity contribution in [2.24, 2.45) is 0 Å². The van der Waals surface area contributed by atoms with E-state index in [-0.39, 0.29) is 22.3 Å². The monoisotopic (exact) mass is 421 g/mol. The number of halogens is 4. The predicted octanol–water partition coefficient (Wildman–Crippen LogP) is 6.36. The quantitative estimate of drug-likeness (QED) is 0.461. The Morgan fingerprint density at radius 2 is 1.72 bits per heavy atom. The van der Waals surface area contributed by atoms with Crippen LogP contribution in [0.5, 0.6) is 5.88 Å². The van der Waals surface area contributed by atoms with Gasteiger partial charge in [0, 0.05) is 24.0 Å². The first kappa shape index (κ1) is 21.0. The third-order valence-electron chi connectivity index (χ3n) is 3.95. The maximum absolute atomic E-state index is 13.5. The maximum Gasteiger partial charge on any atom is 0.434 e. The van der Waals surface area contributed by atoms with Gasteiger partial charge in [-0.15, -0.1) is 0 Å². The van der Waals surface area contributed by atoms with Crippen molar-refractivity contribution in [2.45, 2.75) is 39.5 Å². The summed E-state index contributed by atoms with van der Waals surface area (Å²) in [5.41, 5.74) is 0.549. The van der Waals surface area contributed by atoms with Crippen LogP contribution >= 0.6 is 11.6 Å². The van der Waals surface area contributed by atoms with Gasteiger partial charge in [-0.3, -0.25) is 4.98 Å². The highest BCUT2D eigenvalue weighted by Crippen LogP contribution is 2.38. The van der Waals surface area contributed by atoms with Crippen LogP contribution in [0, 0.1) is 6.92 Å². The standard InChI is InChI=1S/C21H19ClF3N3O/c1-12-11-27-17(22)10-15(12)13-8-16(28-18(9-13)29-20(2,3)4)14-6-5-7-26-19(14)21(23,24)25/h5-11H,1-4H3. The zero-order chi connectivity index (χ0) is 21.4. The first-order valence-electron chi connectivity index (χ1n) is 8.80. The number of aryl methyl sites for hydroxylation is 1. The summed E-state index contributed by atoms with van der Waals surface area (Å²) in [6, 6.07) is 7.69. The van der Waals surface area contributed by atoms with Crippen LogP contribution in [0.3, 0.4) is 0 Å². The Hall–Kier alpha value is -2.67. The number of hydrogen-bond donors (Lipinski definition) is 0. The highest BCUT2D eigenvalue weighted by molar-refractivity contribution is 6.29. The summed E-state index contributed by atoms with van der Waals surface area (Å²) in [7, 11) is 0. The van der Waals surface area contributed by atoms with E-state index in [0.717, 1.165) is 17.3 Å². The van der Waals surface area contributed by atoms with Gasteiger partial charge in [-0.25, -0.2) is 9.97 Å². The molecule has 0 amide bonds. The summed E-state index contributed by atoms with van der Waals surface area (Å²) in [5.74, 6) is 0.203. The number of aromatic nitrogens is 3. The van der Waals surface area contributed by atoms with E-state index in [4.69, 9.17) is 16.3 Å². The van der Waals surface area contributed by atoms with Crippen LogP contribution in [0.25, 0.3) is 22.4 Å². The summed E-state index contributed by atoms with van der Waals surface area (Å²) in [6.45, 7) is 7.34. The Kier molecular flexibility index (Phi) is 5.54. The zero-order valence-electron chi connectivity index (χ0n) is 16.3. The second kappa shape index (κ2) is 7.63. The molecule has 0 saturated heterocycles. The molecule has 0 N–H and O–H groups in total. The first-order chi connectivity index (χ1) is 13.4. The van der Waals surface area contributed by atoms with E-state index < -0.39 is 17.5 Å². The number of rotatable bonds is 3. The third kappa shape index (κ3) is 5.03. The summed E-state index contributed by atoms with van der Waals surface area (Å²) >= 11 is 6.04. The molecule has 4 nitrogen and oxygen atoms in total. The minimum absolute atomic E-state index is 0.106. The van der Waals surface area contributed by atoms with Crippen molar-refractivity contribution in [3.63, 3.8) is 0 Å². The van der Waals surface area contributed by atoms with E-state index in [1.807, 2.05) is 27.7 Å². The number of hydrogen-bond acceptors (Lipinski definition) is 4. The molecule has 0 aliphatic carbocycles. The molecule has 3 rings (SSSR count). The van der Waals surface area contributed by atoms with Gasteiger partial charge in [-0.1, -0.05) is 11.6 Å². The molecule has 0 aromatic carbocycles. The van der Waals surface area contributed by atoms with Gasteiger partial charge >= 0.3 is 6.18 Å². The van der Waals surface area contributed by atoms with Gasteiger partial charge in [-0.2, -0.15) is 13.2 Å². The molecular formula is C21H19ClF3N3O. The Balaban J connectivity index is 2.26. The normalized spacial score (nSPS) is 12.1. The fourth-order valence-corrected chi connectivity index (χ4v) is 2.97. The fourth-order valence-electron chi connectivity index (χ4n) is 2.81. The molecule has 0 aliphatic rings. The second-order valence-electron chi connectivity index (χ2n) is 7.51. The van der Waals surface area contributed by atoms with Gasteiger partial charge in [0.15, 0.2) is 5.69 Å². The second-order valence-corrected chi connectivity index (χ2v) is 7.90. The van der Waals surface area contributed by atoms with Crippen molar-refractivity contribution in [2.75, 3.05) is 0 Å². The lowest BCUT2D eigenvalue weighted by Gasteiger charge is -2.22. The van der Waals surface area contributed by atoms with Crippen LogP contribution in [0.2, 0.25) is 5.15 Å². The molecular weight excluding hydrogens is 403 g/mol. The number of ether oxygens (including phenoxy) is 1. The van der Waals surface area contributed by atoms with Crippen LogP contribution in [-0.4, -0.2) is 20.6 Å². The molecule has 0 unspecified atom stereocenters. The van der Waals surface area contributed by atoms with Gasteiger partial charge in [0.25, 0.3) is 0 Å². The molecule has 8 heteroatoms. The van der Waals surface area contributed by atoms with Gasteiger partial charge in [0.1, 0.15) is 10.8 Å². The van der Waals surface area contributed by atoms with Crippen molar-refractivity contribution in [3.8, 4) is 28.3 Å². The Bertz CT molecular complexity index is 1050. The summed E-state index contributed by atoms with van der Waals surface area (Å²) in [4.78, 5) is 11.9. The average molecular weight is 422 g/mol. The number of alkyl halides is 3. The highest BCUT2D eigenvalue weighted by Gasteiger charge is 2.36. The van der Waals surface area contributed by atoms with Gasteiger partial charge < -0.3 is 4.74 Å². The minimum atomic E-state index is -4.62. The molecule has 3 heterocycles. The third-order valence-corrected chi connectivity index (χ3v) is 4.15. The molecule has 0 radical (unpaired) electrons. The summed E-state index contributed by atoms with van der Waals surface area (Å²) in [6.07, 6.45) is -1.90. The van der Waals surface area contributed by atoms with Crippen LogP contribution in [-0.2, 0) is 6.18 Å². The summed E-state index contributed by atoms with van der Waals surface area (Å²) in [5, 5.41) is 0.277. The molecule has 0 spiro atoms. The Morgan fingerprint density at radius 3 is 2.38 bits per heavy atom. The van der Waals surface area contributed by atoms with Crippen LogP contribution < -0.4 is 4.74 Å². The van der Waals surface area contributed by atoms with Crippen molar-refractivity contribution in [1.82, 2.24) is 15.0 Å². The topological polar surface area (TPSA) is 47.9 Å². The lowest BCUT2D eigenvalue weighted by Crippen LogP contribution is -2.23. The largest absolute Gasteiger partial charge is 0.472 e. The lowest BCUT2D eigenvalue weighted by molar-refractivity contribution is -0.140. The van der Waals surface area contributed by atoms with Crippen LogP contribution in [0.1, 0.15) is 32.0 Å². The number of pyridine rings is 3. The smallest absolute Gasteiger partial charge is 0.434 e. The van der Waals surface area contributed by atoms with E-state index in [1.165, 1.54) is 12.1 Å². The lowest BCUT2D eigenvalue weighted by atomic mass is 10.00. The van der Waals surface area contributed by atoms with Gasteiger partial charge in [0.2, 0.25) is 5.88 Å². The maximum atomic E-state index is 13.5. The first-order valence-corrected chi connectivity index (χ1v) is 9.18.